The molecule has 0 spiro atoms. The topological polar surface area (TPSA) is 0 Å². The van der Waals surface area contributed by atoms with Crippen LogP contribution in [0.2, 0.25) is 0 Å². The molecular formula is C10H18. The molecule has 0 aliphatic carbocycles. The molecule has 0 heterocycles. The van der Waals surface area contributed by atoms with Gasteiger partial charge in [-0.3, -0.25) is 0 Å². The lowest BCUT2D eigenvalue weighted by molar-refractivity contribution is 0.813. The van der Waals surface area contributed by atoms with Crippen LogP contribution < -0.4 is 0 Å². The fourth-order valence-corrected chi connectivity index (χ4v) is 0.724. The Bertz CT molecular complexity index is 109. The molecule has 10 heavy (non-hydrogen) atoms. The second kappa shape index (κ2) is 6.60. The predicted molar refractivity (Wildman–Crippen MR) is 48.1 cm³/mol. The van der Waals surface area contributed by atoms with Crippen LogP contribution in [0, 0.1) is 0 Å². The van der Waals surface area contributed by atoms with E-state index in [9.17, 15) is 0 Å². The maximum Gasteiger partial charge on any atom is -0.0144 e. The first kappa shape index (κ1) is 9.48. The molecule has 0 aromatic rings. The molecule has 0 aliphatic heterocycles. The standard InChI is InChI=1S/C10H18/c1-4-5-6-7-8-9-10(2)3/h7-8H,2,4-6,9H2,1,3H3. The van der Waals surface area contributed by atoms with Gasteiger partial charge in [-0.25, -0.2) is 0 Å². The first-order valence-electron chi connectivity index (χ1n) is 4.06. The Hall–Kier alpha value is -0.520. The number of hydrogen-bond acceptors (Lipinski definition) is 0. The van der Waals surface area contributed by atoms with E-state index in [2.05, 4.69) is 32.6 Å². The van der Waals surface area contributed by atoms with E-state index in [1.807, 2.05) is 0 Å². The Morgan fingerprint density at radius 2 is 2.10 bits per heavy atom. The average Bonchev–Trinajstić information content (AvgIpc) is 1.87. The van der Waals surface area contributed by atoms with Gasteiger partial charge in [-0.2, -0.15) is 0 Å². The highest BCUT2D eigenvalue weighted by molar-refractivity contribution is 4.98. The third kappa shape index (κ3) is 7.48. The van der Waals surface area contributed by atoms with Gasteiger partial charge in [-0.1, -0.05) is 44.1 Å². The number of rotatable bonds is 5. The van der Waals surface area contributed by atoms with Crippen molar-refractivity contribution < 1.29 is 0 Å². The molecule has 0 fully saturated rings. The predicted octanol–water partition coefficient (Wildman–Crippen LogP) is 3.70. The number of unbranched alkanes of at least 4 members (excludes halogenated alkanes) is 2. The highest BCUT2D eigenvalue weighted by Gasteiger charge is 1.79. The summed E-state index contributed by atoms with van der Waals surface area (Å²) >= 11 is 0. The molecule has 0 aromatic heterocycles. The summed E-state index contributed by atoms with van der Waals surface area (Å²) in [6.45, 7) is 8.10. The van der Waals surface area contributed by atoms with Crippen LogP contribution in [0.1, 0.15) is 39.5 Å². The van der Waals surface area contributed by atoms with Gasteiger partial charge in [0.1, 0.15) is 0 Å². The summed E-state index contributed by atoms with van der Waals surface area (Å²) in [6.07, 6.45) is 9.33. The molecule has 0 aliphatic rings. The van der Waals surface area contributed by atoms with E-state index in [1.54, 1.807) is 0 Å². The minimum absolute atomic E-state index is 1.05. The molecule has 0 radical (unpaired) electrons. The molecule has 0 bridgehead atoms. The summed E-state index contributed by atoms with van der Waals surface area (Å²) in [4.78, 5) is 0. The highest BCUT2D eigenvalue weighted by atomic mass is 13.9. The van der Waals surface area contributed by atoms with E-state index in [-0.39, 0.29) is 0 Å². The largest absolute Gasteiger partial charge is 0.0998 e. The molecule has 0 heteroatoms. The zero-order chi connectivity index (χ0) is 7.82. The molecule has 58 valence electrons. The average molecular weight is 138 g/mol. The summed E-state index contributed by atoms with van der Waals surface area (Å²) in [7, 11) is 0. The van der Waals surface area contributed by atoms with Crippen molar-refractivity contribution in [3.63, 3.8) is 0 Å². The summed E-state index contributed by atoms with van der Waals surface area (Å²) in [5.74, 6) is 0. The Kier molecular flexibility index (Phi) is 6.25. The van der Waals surface area contributed by atoms with E-state index in [4.69, 9.17) is 0 Å². The monoisotopic (exact) mass is 138 g/mol. The second-order valence-electron chi connectivity index (χ2n) is 2.77. The first-order chi connectivity index (χ1) is 4.77. The van der Waals surface area contributed by atoms with Crippen molar-refractivity contribution in [2.75, 3.05) is 0 Å². The zero-order valence-corrected chi connectivity index (χ0v) is 7.19. The fourth-order valence-electron chi connectivity index (χ4n) is 0.724. The molecule has 0 saturated heterocycles. The van der Waals surface area contributed by atoms with Crippen LogP contribution >= 0.6 is 0 Å². The van der Waals surface area contributed by atoms with E-state index < -0.39 is 0 Å². The van der Waals surface area contributed by atoms with Crippen molar-refractivity contribution in [3.8, 4) is 0 Å². The fraction of sp³-hybridized carbons (Fsp3) is 0.600. The lowest BCUT2D eigenvalue weighted by atomic mass is 10.2. The zero-order valence-electron chi connectivity index (χ0n) is 7.19. The minimum Gasteiger partial charge on any atom is -0.0998 e. The SMILES string of the molecule is C=C(C)CC=CCCCC. The van der Waals surface area contributed by atoms with Gasteiger partial charge in [0.05, 0.1) is 0 Å². The van der Waals surface area contributed by atoms with Crippen LogP contribution in [-0.4, -0.2) is 0 Å². The molecule has 0 unspecified atom stereocenters. The molecule has 0 amide bonds. The Balaban J connectivity index is 3.12. The molecule has 0 N–H and O–H groups in total. The van der Waals surface area contributed by atoms with Gasteiger partial charge in [-0.05, 0) is 19.8 Å². The second-order valence-corrected chi connectivity index (χ2v) is 2.77. The number of hydrogen-bond donors (Lipinski definition) is 0. The maximum absolute atomic E-state index is 3.82. The third-order valence-corrected chi connectivity index (χ3v) is 1.36. The first-order valence-corrected chi connectivity index (χ1v) is 4.06. The van der Waals surface area contributed by atoms with Crippen molar-refractivity contribution in [3.05, 3.63) is 24.3 Å². The van der Waals surface area contributed by atoms with Gasteiger partial charge < -0.3 is 0 Å². The van der Waals surface area contributed by atoms with Gasteiger partial charge in [0, 0.05) is 0 Å². The Morgan fingerprint density at radius 3 is 2.60 bits per heavy atom. The highest BCUT2D eigenvalue weighted by Crippen LogP contribution is 1.99. The maximum atomic E-state index is 3.82. The van der Waals surface area contributed by atoms with Crippen molar-refractivity contribution in [1.29, 1.82) is 0 Å². The van der Waals surface area contributed by atoms with Crippen molar-refractivity contribution in [1.82, 2.24) is 0 Å². The molecule has 0 rings (SSSR count). The van der Waals surface area contributed by atoms with Crippen LogP contribution in [0.3, 0.4) is 0 Å². The van der Waals surface area contributed by atoms with Crippen molar-refractivity contribution in [2.24, 2.45) is 0 Å². The lowest BCUT2D eigenvalue weighted by Gasteiger charge is -1.90. The van der Waals surface area contributed by atoms with E-state index >= 15 is 0 Å². The minimum atomic E-state index is 1.05. The quantitative estimate of drug-likeness (QED) is 0.401. The van der Waals surface area contributed by atoms with Crippen LogP contribution in [0.15, 0.2) is 24.3 Å². The van der Waals surface area contributed by atoms with Crippen LogP contribution in [0.25, 0.3) is 0 Å². The van der Waals surface area contributed by atoms with Gasteiger partial charge in [0.15, 0.2) is 0 Å². The normalized spacial score (nSPS) is 10.6. The van der Waals surface area contributed by atoms with Gasteiger partial charge >= 0.3 is 0 Å². The van der Waals surface area contributed by atoms with Crippen molar-refractivity contribution >= 4 is 0 Å². The summed E-state index contributed by atoms with van der Waals surface area (Å²) in [5, 5.41) is 0. The summed E-state index contributed by atoms with van der Waals surface area (Å²) in [5.41, 5.74) is 1.24. The smallest absolute Gasteiger partial charge is 0.0144 e. The molecule has 0 atom stereocenters. The van der Waals surface area contributed by atoms with Gasteiger partial charge in [0.25, 0.3) is 0 Å². The summed E-state index contributed by atoms with van der Waals surface area (Å²) < 4.78 is 0. The lowest BCUT2D eigenvalue weighted by Crippen LogP contribution is -1.69. The Morgan fingerprint density at radius 1 is 1.40 bits per heavy atom. The summed E-state index contributed by atoms with van der Waals surface area (Å²) in [6, 6.07) is 0. The number of allylic oxidation sites excluding steroid dienone is 3. The van der Waals surface area contributed by atoms with E-state index in [1.165, 1.54) is 24.8 Å². The molecular weight excluding hydrogens is 120 g/mol. The van der Waals surface area contributed by atoms with E-state index in [0.29, 0.717) is 0 Å². The van der Waals surface area contributed by atoms with Gasteiger partial charge in [-0.15, -0.1) is 0 Å². The van der Waals surface area contributed by atoms with Crippen LogP contribution in [-0.2, 0) is 0 Å². The van der Waals surface area contributed by atoms with Gasteiger partial charge in [0.2, 0.25) is 0 Å². The van der Waals surface area contributed by atoms with E-state index in [0.717, 1.165) is 6.42 Å². The van der Waals surface area contributed by atoms with Crippen molar-refractivity contribution in [2.45, 2.75) is 39.5 Å². The molecule has 0 saturated carbocycles. The van der Waals surface area contributed by atoms with Crippen LogP contribution in [0.5, 0.6) is 0 Å². The molecule has 0 nitrogen and oxygen atoms in total. The molecule has 0 aromatic carbocycles. The Labute approximate surface area is 64.6 Å². The van der Waals surface area contributed by atoms with Crippen LogP contribution in [0.4, 0.5) is 0 Å². The third-order valence-electron chi connectivity index (χ3n) is 1.36.